The molecule has 1 heterocycles. The number of aromatic nitrogens is 2. The smallest absolute Gasteiger partial charge is 0.224 e. The van der Waals surface area contributed by atoms with Gasteiger partial charge in [-0.3, -0.25) is 0 Å². The van der Waals surface area contributed by atoms with Crippen LogP contribution in [0.1, 0.15) is 12.5 Å². The van der Waals surface area contributed by atoms with Crippen LogP contribution in [-0.2, 0) is 6.42 Å². The normalized spacial score (nSPS) is 12.6. The first-order valence-electron chi connectivity index (χ1n) is 4.81. The summed E-state index contributed by atoms with van der Waals surface area (Å²) >= 11 is 0. The van der Waals surface area contributed by atoms with Crippen molar-refractivity contribution in [3.63, 3.8) is 0 Å². The summed E-state index contributed by atoms with van der Waals surface area (Å²) < 4.78 is 0. The summed E-state index contributed by atoms with van der Waals surface area (Å²) in [5.41, 5.74) is 6.70. The molecule has 0 saturated heterocycles. The Kier molecular flexibility index (Phi) is 3.83. The van der Waals surface area contributed by atoms with Crippen molar-refractivity contribution in [2.45, 2.75) is 13.3 Å². The zero-order chi connectivity index (χ0) is 10.6. The van der Waals surface area contributed by atoms with Gasteiger partial charge in [-0.2, -0.15) is 0 Å². The minimum atomic E-state index is 0.490. The van der Waals surface area contributed by atoms with Crippen LogP contribution in [0.2, 0.25) is 0 Å². The highest BCUT2D eigenvalue weighted by Gasteiger charge is 2.03. The molecule has 2 N–H and O–H groups in total. The zero-order valence-electron chi connectivity index (χ0n) is 9.07. The van der Waals surface area contributed by atoms with Crippen molar-refractivity contribution in [2.75, 3.05) is 25.5 Å². The van der Waals surface area contributed by atoms with Crippen molar-refractivity contribution in [2.24, 2.45) is 11.7 Å². The van der Waals surface area contributed by atoms with E-state index in [1.807, 2.05) is 31.4 Å². The first-order valence-corrected chi connectivity index (χ1v) is 4.81. The van der Waals surface area contributed by atoms with Crippen LogP contribution in [0.4, 0.5) is 5.95 Å². The van der Waals surface area contributed by atoms with Gasteiger partial charge in [-0.1, -0.05) is 6.92 Å². The highest BCUT2D eigenvalue weighted by molar-refractivity contribution is 5.26. The highest BCUT2D eigenvalue weighted by Crippen LogP contribution is 2.07. The molecule has 0 bridgehead atoms. The van der Waals surface area contributed by atoms with E-state index in [2.05, 4.69) is 16.9 Å². The van der Waals surface area contributed by atoms with Gasteiger partial charge in [0.1, 0.15) is 0 Å². The second-order valence-electron chi connectivity index (χ2n) is 3.83. The number of hydrogen-bond donors (Lipinski definition) is 1. The first-order chi connectivity index (χ1) is 6.63. The summed E-state index contributed by atoms with van der Waals surface area (Å²) in [6.45, 7) is 2.83. The van der Waals surface area contributed by atoms with Crippen LogP contribution in [0.3, 0.4) is 0 Å². The SMILES string of the molecule is CC(CN)Cc1cnc(N(C)C)nc1. The van der Waals surface area contributed by atoms with Gasteiger partial charge >= 0.3 is 0 Å². The molecule has 1 unspecified atom stereocenters. The Labute approximate surface area is 85.2 Å². The Bertz CT molecular complexity index is 268. The average Bonchev–Trinajstić information content (AvgIpc) is 2.18. The van der Waals surface area contributed by atoms with Crippen LogP contribution in [0.5, 0.6) is 0 Å². The Hall–Kier alpha value is -1.16. The number of rotatable bonds is 4. The molecule has 0 aliphatic carbocycles. The molecule has 1 aromatic rings. The van der Waals surface area contributed by atoms with E-state index in [0.29, 0.717) is 12.5 Å². The minimum Gasteiger partial charge on any atom is -0.347 e. The van der Waals surface area contributed by atoms with E-state index in [4.69, 9.17) is 5.73 Å². The molecule has 1 atom stereocenters. The van der Waals surface area contributed by atoms with Gasteiger partial charge in [0.05, 0.1) is 0 Å². The molecule has 4 nitrogen and oxygen atoms in total. The lowest BCUT2D eigenvalue weighted by molar-refractivity contribution is 0.590. The standard InChI is InChI=1S/C10H18N4/c1-8(5-11)4-9-6-12-10(13-7-9)14(2)3/h6-8H,4-5,11H2,1-3H3. The second-order valence-corrected chi connectivity index (χ2v) is 3.83. The van der Waals surface area contributed by atoms with E-state index in [1.165, 1.54) is 0 Å². The van der Waals surface area contributed by atoms with Crippen molar-refractivity contribution in [1.82, 2.24) is 9.97 Å². The molecular formula is C10H18N4. The molecule has 78 valence electrons. The highest BCUT2D eigenvalue weighted by atomic mass is 15.2. The van der Waals surface area contributed by atoms with Crippen LogP contribution in [0, 0.1) is 5.92 Å². The fourth-order valence-corrected chi connectivity index (χ4v) is 1.17. The van der Waals surface area contributed by atoms with Crippen molar-refractivity contribution in [3.8, 4) is 0 Å². The maximum Gasteiger partial charge on any atom is 0.224 e. The maximum atomic E-state index is 5.55. The van der Waals surface area contributed by atoms with Crippen LogP contribution >= 0.6 is 0 Å². The molecule has 0 spiro atoms. The van der Waals surface area contributed by atoms with Crippen molar-refractivity contribution in [1.29, 1.82) is 0 Å². The van der Waals surface area contributed by atoms with E-state index in [-0.39, 0.29) is 0 Å². The van der Waals surface area contributed by atoms with E-state index in [1.54, 1.807) is 0 Å². The molecule has 14 heavy (non-hydrogen) atoms. The average molecular weight is 194 g/mol. The van der Waals surface area contributed by atoms with Gasteiger partial charge < -0.3 is 10.6 Å². The van der Waals surface area contributed by atoms with Crippen LogP contribution in [0.15, 0.2) is 12.4 Å². The molecule has 0 aliphatic heterocycles. The number of anilines is 1. The Balaban J connectivity index is 2.64. The summed E-state index contributed by atoms with van der Waals surface area (Å²) in [4.78, 5) is 10.4. The molecule has 0 aliphatic rings. The summed E-state index contributed by atoms with van der Waals surface area (Å²) in [7, 11) is 3.86. The van der Waals surface area contributed by atoms with Crippen molar-refractivity contribution in [3.05, 3.63) is 18.0 Å². The second kappa shape index (κ2) is 4.91. The van der Waals surface area contributed by atoms with Gasteiger partial charge in [0.2, 0.25) is 5.95 Å². The third kappa shape index (κ3) is 2.96. The summed E-state index contributed by atoms with van der Waals surface area (Å²) in [5.74, 6) is 1.23. The van der Waals surface area contributed by atoms with E-state index >= 15 is 0 Å². The van der Waals surface area contributed by atoms with Gasteiger partial charge in [-0.15, -0.1) is 0 Å². The Morgan fingerprint density at radius 2 is 1.93 bits per heavy atom. The Morgan fingerprint density at radius 3 is 2.36 bits per heavy atom. The fraction of sp³-hybridized carbons (Fsp3) is 0.600. The molecule has 4 heteroatoms. The minimum absolute atomic E-state index is 0.490. The van der Waals surface area contributed by atoms with Crippen LogP contribution < -0.4 is 10.6 Å². The van der Waals surface area contributed by atoms with Gasteiger partial charge in [-0.25, -0.2) is 9.97 Å². The molecule has 0 radical (unpaired) electrons. The fourth-order valence-electron chi connectivity index (χ4n) is 1.17. The predicted molar refractivity (Wildman–Crippen MR) is 58.3 cm³/mol. The quantitative estimate of drug-likeness (QED) is 0.766. The van der Waals surface area contributed by atoms with E-state index in [9.17, 15) is 0 Å². The van der Waals surface area contributed by atoms with Crippen LogP contribution in [-0.4, -0.2) is 30.6 Å². The third-order valence-electron chi connectivity index (χ3n) is 2.08. The van der Waals surface area contributed by atoms with E-state index in [0.717, 1.165) is 17.9 Å². The molecule has 0 aromatic carbocycles. The molecule has 1 rings (SSSR count). The van der Waals surface area contributed by atoms with Crippen LogP contribution in [0.25, 0.3) is 0 Å². The van der Waals surface area contributed by atoms with Crippen molar-refractivity contribution >= 4 is 5.95 Å². The summed E-state index contributed by atoms with van der Waals surface area (Å²) in [6.07, 6.45) is 4.69. The van der Waals surface area contributed by atoms with Gasteiger partial charge in [-0.05, 0) is 24.4 Å². The summed E-state index contributed by atoms with van der Waals surface area (Å²) in [6, 6.07) is 0. The van der Waals surface area contributed by atoms with Gasteiger partial charge in [0, 0.05) is 26.5 Å². The van der Waals surface area contributed by atoms with Gasteiger partial charge in [0.25, 0.3) is 0 Å². The number of nitrogens with two attached hydrogens (primary N) is 1. The largest absolute Gasteiger partial charge is 0.347 e. The lowest BCUT2D eigenvalue weighted by atomic mass is 10.0. The maximum absolute atomic E-state index is 5.55. The summed E-state index contributed by atoms with van der Waals surface area (Å²) in [5, 5.41) is 0. The first kappa shape index (κ1) is 10.9. The number of hydrogen-bond acceptors (Lipinski definition) is 4. The molecule has 0 amide bonds. The molecule has 0 saturated carbocycles. The molecule has 0 fully saturated rings. The van der Waals surface area contributed by atoms with Crippen molar-refractivity contribution < 1.29 is 0 Å². The lowest BCUT2D eigenvalue weighted by Gasteiger charge is -2.11. The lowest BCUT2D eigenvalue weighted by Crippen LogP contribution is -2.15. The number of nitrogens with zero attached hydrogens (tertiary/aromatic N) is 3. The Morgan fingerprint density at radius 1 is 1.36 bits per heavy atom. The zero-order valence-corrected chi connectivity index (χ0v) is 9.07. The predicted octanol–water partition coefficient (Wildman–Crippen LogP) is 0.680. The topological polar surface area (TPSA) is 55.0 Å². The van der Waals surface area contributed by atoms with E-state index < -0.39 is 0 Å². The molecule has 1 aromatic heterocycles. The van der Waals surface area contributed by atoms with Gasteiger partial charge in [0.15, 0.2) is 0 Å². The molecular weight excluding hydrogens is 176 g/mol. The third-order valence-corrected chi connectivity index (χ3v) is 2.08. The monoisotopic (exact) mass is 194 g/mol.